The van der Waals surface area contributed by atoms with Crippen molar-refractivity contribution in [3.05, 3.63) is 72.3 Å². The quantitative estimate of drug-likeness (QED) is 0.441. The van der Waals surface area contributed by atoms with E-state index >= 15 is 0 Å². The fourth-order valence-corrected chi connectivity index (χ4v) is 3.64. The minimum Gasteiger partial charge on any atom is -0.307 e. The lowest BCUT2D eigenvalue weighted by Crippen LogP contribution is -2.35. The molecule has 8 heteroatoms. The molecule has 3 rings (SSSR count). The van der Waals surface area contributed by atoms with Crippen molar-refractivity contribution in [2.75, 3.05) is 11.1 Å². The fourth-order valence-electron chi connectivity index (χ4n) is 2.89. The number of aryl methyl sites for hydroxylation is 2. The number of benzene rings is 2. The molecule has 7 nitrogen and oxygen atoms in total. The number of aromatic nitrogens is 3. The second kappa shape index (κ2) is 9.89. The van der Waals surface area contributed by atoms with Crippen LogP contribution in [-0.2, 0) is 11.3 Å². The fraction of sp³-hybridized carbons (Fsp3) is 0.182. The van der Waals surface area contributed by atoms with E-state index in [1.807, 2.05) is 66.9 Å². The van der Waals surface area contributed by atoms with E-state index in [9.17, 15) is 9.59 Å². The number of rotatable bonds is 7. The summed E-state index contributed by atoms with van der Waals surface area (Å²) in [5.41, 5.74) is 3.62. The van der Waals surface area contributed by atoms with Crippen LogP contribution in [0.2, 0.25) is 0 Å². The summed E-state index contributed by atoms with van der Waals surface area (Å²) in [6.07, 6.45) is 1.75. The Hall–Kier alpha value is -3.39. The highest BCUT2D eigenvalue weighted by molar-refractivity contribution is 7.99. The molecule has 0 aliphatic heterocycles. The average molecular weight is 422 g/mol. The highest BCUT2D eigenvalue weighted by Gasteiger charge is 2.16. The van der Waals surface area contributed by atoms with Gasteiger partial charge in [-0.05, 0) is 25.5 Å². The van der Waals surface area contributed by atoms with Crippen molar-refractivity contribution in [3.8, 4) is 11.4 Å². The van der Waals surface area contributed by atoms with Crippen LogP contribution >= 0.6 is 11.8 Å². The molecule has 2 aromatic carbocycles. The first-order valence-corrected chi connectivity index (χ1v) is 10.4. The molecule has 0 fully saturated rings. The van der Waals surface area contributed by atoms with Crippen molar-refractivity contribution in [1.82, 2.24) is 20.1 Å². The zero-order valence-electron chi connectivity index (χ0n) is 16.9. The Kier molecular flexibility index (Phi) is 7.03. The maximum Gasteiger partial charge on any atom is 0.325 e. The van der Waals surface area contributed by atoms with Gasteiger partial charge in [0.15, 0.2) is 11.0 Å². The molecule has 0 saturated heterocycles. The van der Waals surface area contributed by atoms with Crippen molar-refractivity contribution in [2.24, 2.45) is 0 Å². The average Bonchev–Trinajstić information content (AvgIpc) is 3.12. The third-order valence-electron chi connectivity index (χ3n) is 4.28. The first kappa shape index (κ1) is 21.3. The maximum atomic E-state index is 12.2. The first-order valence-electron chi connectivity index (χ1n) is 9.38. The molecule has 3 amide bonds. The number of urea groups is 1. The van der Waals surface area contributed by atoms with Gasteiger partial charge in [-0.2, -0.15) is 0 Å². The molecule has 0 bridgehead atoms. The minimum absolute atomic E-state index is 0.0321. The number of amides is 3. The second-order valence-corrected chi connectivity index (χ2v) is 7.62. The van der Waals surface area contributed by atoms with Crippen LogP contribution in [0, 0.1) is 13.8 Å². The lowest BCUT2D eigenvalue weighted by Gasteiger charge is -2.10. The molecular formula is C22H23N5O2S. The third kappa shape index (κ3) is 5.36. The van der Waals surface area contributed by atoms with E-state index in [1.54, 1.807) is 6.08 Å². The zero-order valence-corrected chi connectivity index (χ0v) is 17.7. The number of nitrogens with one attached hydrogen (secondary N) is 2. The second-order valence-electron chi connectivity index (χ2n) is 6.68. The smallest absolute Gasteiger partial charge is 0.307 e. The number of allylic oxidation sites excluding steroid dienone is 1. The molecule has 1 heterocycles. The molecule has 0 atom stereocenters. The van der Waals surface area contributed by atoms with Crippen molar-refractivity contribution in [1.29, 1.82) is 0 Å². The number of hydrogen-bond acceptors (Lipinski definition) is 5. The highest BCUT2D eigenvalue weighted by atomic mass is 32.2. The number of carbonyl (C=O) groups excluding carboxylic acids is 2. The monoisotopic (exact) mass is 421 g/mol. The van der Waals surface area contributed by atoms with Crippen LogP contribution in [0.15, 0.2) is 66.3 Å². The number of thioether (sulfide) groups is 1. The Bertz CT molecular complexity index is 1060. The first-order chi connectivity index (χ1) is 14.5. The molecule has 30 heavy (non-hydrogen) atoms. The van der Waals surface area contributed by atoms with Gasteiger partial charge in [-0.15, -0.1) is 16.8 Å². The topological polar surface area (TPSA) is 88.9 Å². The maximum absolute atomic E-state index is 12.2. The summed E-state index contributed by atoms with van der Waals surface area (Å²) in [4.78, 5) is 24.4. The number of anilines is 1. The summed E-state index contributed by atoms with van der Waals surface area (Å²) in [6.45, 7) is 8.17. The molecule has 3 aromatic rings. The molecule has 1 aromatic heterocycles. The van der Waals surface area contributed by atoms with E-state index in [2.05, 4.69) is 27.4 Å². The molecule has 0 unspecified atom stereocenters. The number of nitrogens with zero attached hydrogens (tertiary/aromatic N) is 3. The van der Waals surface area contributed by atoms with E-state index in [-0.39, 0.29) is 5.75 Å². The summed E-state index contributed by atoms with van der Waals surface area (Å²) < 4.78 is 1.88. The van der Waals surface area contributed by atoms with E-state index in [0.717, 1.165) is 16.7 Å². The minimum atomic E-state index is -0.565. The van der Waals surface area contributed by atoms with Crippen molar-refractivity contribution in [3.63, 3.8) is 0 Å². The van der Waals surface area contributed by atoms with Gasteiger partial charge in [-0.3, -0.25) is 14.7 Å². The van der Waals surface area contributed by atoms with Crippen LogP contribution in [0.4, 0.5) is 10.5 Å². The number of carbonyl (C=O) groups is 2. The Morgan fingerprint density at radius 3 is 2.60 bits per heavy atom. The van der Waals surface area contributed by atoms with Crippen LogP contribution < -0.4 is 10.6 Å². The van der Waals surface area contributed by atoms with Crippen LogP contribution in [0.25, 0.3) is 11.4 Å². The predicted molar refractivity (Wildman–Crippen MR) is 119 cm³/mol. The van der Waals surface area contributed by atoms with Crippen LogP contribution in [-0.4, -0.2) is 32.5 Å². The third-order valence-corrected chi connectivity index (χ3v) is 5.24. The highest BCUT2D eigenvalue weighted by Crippen LogP contribution is 2.24. The van der Waals surface area contributed by atoms with Gasteiger partial charge in [0, 0.05) is 17.8 Å². The Labute approximate surface area is 179 Å². The summed E-state index contributed by atoms with van der Waals surface area (Å²) in [6, 6.07) is 14.8. The van der Waals surface area contributed by atoms with Crippen LogP contribution in [0.3, 0.4) is 0 Å². The van der Waals surface area contributed by atoms with Gasteiger partial charge in [-0.1, -0.05) is 65.9 Å². The Balaban J connectivity index is 1.61. The number of hydrogen-bond donors (Lipinski definition) is 2. The van der Waals surface area contributed by atoms with Crippen molar-refractivity contribution in [2.45, 2.75) is 25.5 Å². The Morgan fingerprint density at radius 2 is 1.90 bits per heavy atom. The molecule has 0 aliphatic carbocycles. The molecule has 0 aliphatic rings. The Morgan fingerprint density at radius 1 is 1.13 bits per heavy atom. The van der Waals surface area contributed by atoms with Gasteiger partial charge in [0.25, 0.3) is 0 Å². The zero-order chi connectivity index (χ0) is 21.5. The molecule has 0 radical (unpaired) electrons. The summed E-state index contributed by atoms with van der Waals surface area (Å²) in [7, 11) is 0. The number of imide groups is 1. The summed E-state index contributed by atoms with van der Waals surface area (Å²) in [5, 5.41) is 14.1. The van der Waals surface area contributed by atoms with Crippen LogP contribution in [0.5, 0.6) is 0 Å². The van der Waals surface area contributed by atoms with E-state index in [0.29, 0.717) is 23.2 Å². The van der Waals surface area contributed by atoms with E-state index in [1.165, 1.54) is 11.8 Å². The molecule has 2 N–H and O–H groups in total. The van der Waals surface area contributed by atoms with Crippen molar-refractivity contribution < 1.29 is 9.59 Å². The lowest BCUT2D eigenvalue weighted by atomic mass is 10.1. The molecule has 0 saturated carbocycles. The standard InChI is InChI=1S/C22H23N5O2S/c1-4-12-27-20(17-8-6-5-7-9-17)25-26-22(27)30-14-19(28)24-21(29)23-18-11-10-15(2)13-16(18)3/h4-11,13H,1,12,14H2,2-3H3,(H2,23,24,28,29). The van der Waals surface area contributed by atoms with Gasteiger partial charge >= 0.3 is 6.03 Å². The largest absolute Gasteiger partial charge is 0.325 e. The van der Waals surface area contributed by atoms with Gasteiger partial charge in [-0.25, -0.2) is 4.79 Å². The SMILES string of the molecule is C=CCn1c(SCC(=O)NC(=O)Nc2ccc(C)cc2C)nnc1-c1ccccc1. The van der Waals surface area contributed by atoms with E-state index in [4.69, 9.17) is 0 Å². The predicted octanol–water partition coefficient (Wildman–Crippen LogP) is 4.19. The molecule has 0 spiro atoms. The van der Waals surface area contributed by atoms with Crippen molar-refractivity contribution >= 4 is 29.4 Å². The van der Waals surface area contributed by atoms with Crippen LogP contribution in [0.1, 0.15) is 11.1 Å². The summed E-state index contributed by atoms with van der Waals surface area (Å²) >= 11 is 1.21. The van der Waals surface area contributed by atoms with Gasteiger partial charge in [0.1, 0.15) is 0 Å². The van der Waals surface area contributed by atoms with Gasteiger partial charge in [0.2, 0.25) is 5.91 Å². The normalized spacial score (nSPS) is 10.5. The molecule has 154 valence electrons. The lowest BCUT2D eigenvalue weighted by molar-refractivity contribution is -0.117. The van der Waals surface area contributed by atoms with Gasteiger partial charge in [0.05, 0.1) is 5.75 Å². The summed E-state index contributed by atoms with van der Waals surface area (Å²) in [5.74, 6) is 0.312. The molecular weight excluding hydrogens is 398 g/mol. The van der Waals surface area contributed by atoms with Gasteiger partial charge < -0.3 is 5.32 Å². The van der Waals surface area contributed by atoms with E-state index < -0.39 is 11.9 Å².